The number of rotatable bonds is 6. The van der Waals surface area contributed by atoms with Crippen LogP contribution in [0.2, 0.25) is 5.02 Å². The average molecular weight is 396 g/mol. The van der Waals surface area contributed by atoms with Gasteiger partial charge in [0.15, 0.2) is 0 Å². The minimum absolute atomic E-state index is 0.0511. The second-order valence-corrected chi connectivity index (χ2v) is 6.72. The number of benzene rings is 2. The van der Waals surface area contributed by atoms with E-state index < -0.39 is 10.8 Å². The summed E-state index contributed by atoms with van der Waals surface area (Å²) in [5.41, 5.74) is 0.697. The number of amides is 1. The topological polar surface area (TPSA) is 84.7 Å². The summed E-state index contributed by atoms with van der Waals surface area (Å²) >= 11 is 7.53. The summed E-state index contributed by atoms with van der Waals surface area (Å²) in [5.74, 6) is -0.252. The maximum absolute atomic E-state index is 12.8. The Bertz CT molecular complexity index is 858. The third-order valence-corrected chi connectivity index (χ3v) is 4.69. The van der Waals surface area contributed by atoms with E-state index in [0.717, 1.165) is 0 Å². The van der Waals surface area contributed by atoms with Crippen molar-refractivity contribution in [1.29, 1.82) is 0 Å². The minimum Gasteiger partial charge on any atom is -0.495 e. The van der Waals surface area contributed by atoms with E-state index >= 15 is 0 Å². The van der Waals surface area contributed by atoms with Gasteiger partial charge in [-0.05, 0) is 24.5 Å². The summed E-state index contributed by atoms with van der Waals surface area (Å²) in [6.07, 6.45) is 1.80. The Balaban J connectivity index is 2.51. The first-order valence-electron chi connectivity index (χ1n) is 7.47. The van der Waals surface area contributed by atoms with Crippen LogP contribution in [0.3, 0.4) is 0 Å². The molecule has 0 bridgehead atoms. The van der Waals surface area contributed by atoms with Crippen LogP contribution in [0.25, 0.3) is 0 Å². The number of nitro groups is 1. The van der Waals surface area contributed by atoms with Gasteiger partial charge in [0.25, 0.3) is 11.6 Å². The Kier molecular flexibility index (Phi) is 6.33. The zero-order valence-corrected chi connectivity index (χ0v) is 16.3. The third-order valence-electron chi connectivity index (χ3n) is 3.63. The number of nitro benzene ring substituents is 1. The fraction of sp³-hybridized carbons (Fsp3) is 0.235. The zero-order valence-electron chi connectivity index (χ0n) is 14.7. The van der Waals surface area contributed by atoms with Gasteiger partial charge in [-0.25, -0.2) is 0 Å². The number of hydrogen-bond acceptors (Lipinski definition) is 6. The van der Waals surface area contributed by atoms with E-state index in [1.54, 1.807) is 43.5 Å². The van der Waals surface area contributed by atoms with Crippen molar-refractivity contribution in [1.82, 2.24) is 0 Å². The number of nitrogens with zero attached hydrogens (tertiary/aromatic N) is 2. The fourth-order valence-corrected chi connectivity index (χ4v) is 3.38. The van der Waals surface area contributed by atoms with E-state index in [4.69, 9.17) is 16.3 Å². The quantitative estimate of drug-likeness (QED) is 0.446. The van der Waals surface area contributed by atoms with E-state index in [9.17, 15) is 14.9 Å². The Labute approximate surface area is 160 Å². The van der Waals surface area contributed by atoms with Crippen molar-refractivity contribution >= 4 is 46.3 Å². The van der Waals surface area contributed by atoms with Gasteiger partial charge in [0, 0.05) is 14.1 Å². The Morgan fingerprint density at radius 3 is 2.58 bits per heavy atom. The molecule has 2 aromatic rings. The van der Waals surface area contributed by atoms with Crippen LogP contribution in [-0.2, 0) is 0 Å². The highest BCUT2D eigenvalue weighted by atomic mass is 35.5. The number of carbonyl (C=O) groups excluding carboxylic acids is 1. The lowest BCUT2D eigenvalue weighted by molar-refractivity contribution is -0.385. The molecular formula is C17H18ClN3O4S. The third kappa shape index (κ3) is 4.03. The van der Waals surface area contributed by atoms with Crippen LogP contribution in [0.4, 0.5) is 17.1 Å². The predicted octanol–water partition coefficient (Wildman–Crippen LogP) is 4.30. The van der Waals surface area contributed by atoms with Crippen LogP contribution in [-0.4, -0.2) is 38.3 Å². The van der Waals surface area contributed by atoms with Crippen molar-refractivity contribution in [3.05, 3.63) is 51.0 Å². The standard InChI is InChI=1S/C17H18ClN3O4S/c1-20(2)16-11(18)6-5-7-12(16)19-17(22)10-8-15(26-4)14(25-3)9-13(10)21(23)24/h5-9H,1-4H3,(H,19,22). The largest absolute Gasteiger partial charge is 0.495 e. The van der Waals surface area contributed by atoms with E-state index in [0.29, 0.717) is 27.0 Å². The highest BCUT2D eigenvalue weighted by molar-refractivity contribution is 7.98. The normalized spacial score (nSPS) is 10.3. The van der Waals surface area contributed by atoms with Crippen LogP contribution in [0, 0.1) is 10.1 Å². The van der Waals surface area contributed by atoms with Crippen molar-refractivity contribution < 1.29 is 14.5 Å². The SMILES string of the molecule is COc1cc([N+](=O)[O-])c(C(=O)Nc2cccc(Cl)c2N(C)C)cc1SC. The monoisotopic (exact) mass is 395 g/mol. The Hall–Kier alpha value is -2.45. The summed E-state index contributed by atoms with van der Waals surface area (Å²) in [7, 11) is 5.00. The lowest BCUT2D eigenvalue weighted by atomic mass is 10.1. The molecule has 0 saturated carbocycles. The van der Waals surface area contributed by atoms with Crippen molar-refractivity contribution in [3.63, 3.8) is 0 Å². The molecule has 2 rings (SSSR count). The van der Waals surface area contributed by atoms with E-state index in [1.807, 2.05) is 0 Å². The molecule has 9 heteroatoms. The molecule has 138 valence electrons. The molecule has 1 amide bonds. The molecule has 0 aliphatic heterocycles. The summed E-state index contributed by atoms with van der Waals surface area (Å²) in [6.45, 7) is 0. The van der Waals surface area contributed by atoms with Crippen LogP contribution in [0.1, 0.15) is 10.4 Å². The number of halogens is 1. The second kappa shape index (κ2) is 8.29. The molecule has 0 aromatic heterocycles. The van der Waals surface area contributed by atoms with Crippen molar-refractivity contribution in [2.24, 2.45) is 0 Å². The minimum atomic E-state index is -0.605. The van der Waals surface area contributed by atoms with Gasteiger partial charge in [-0.2, -0.15) is 0 Å². The number of ether oxygens (including phenoxy) is 1. The van der Waals surface area contributed by atoms with Gasteiger partial charge < -0.3 is 15.0 Å². The maximum atomic E-state index is 12.8. The number of methoxy groups -OCH3 is 1. The van der Waals surface area contributed by atoms with E-state index in [-0.39, 0.29) is 11.3 Å². The number of carbonyl (C=O) groups is 1. The maximum Gasteiger partial charge on any atom is 0.285 e. The highest BCUT2D eigenvalue weighted by Gasteiger charge is 2.25. The molecule has 0 aliphatic carbocycles. The zero-order chi connectivity index (χ0) is 19.4. The van der Waals surface area contributed by atoms with Gasteiger partial charge in [-0.1, -0.05) is 17.7 Å². The van der Waals surface area contributed by atoms with Crippen LogP contribution < -0.4 is 15.0 Å². The van der Waals surface area contributed by atoms with Gasteiger partial charge in [0.05, 0.1) is 39.4 Å². The molecule has 1 N–H and O–H groups in total. The number of thioether (sulfide) groups is 1. The molecule has 0 unspecified atom stereocenters. The first kappa shape index (κ1) is 19.9. The van der Waals surface area contributed by atoms with Crippen LogP contribution in [0.5, 0.6) is 5.75 Å². The molecule has 26 heavy (non-hydrogen) atoms. The number of anilines is 2. The van der Waals surface area contributed by atoms with Gasteiger partial charge in [0.1, 0.15) is 11.3 Å². The molecule has 0 atom stereocenters. The summed E-state index contributed by atoms with van der Waals surface area (Å²) < 4.78 is 5.17. The van der Waals surface area contributed by atoms with Gasteiger partial charge >= 0.3 is 0 Å². The number of para-hydroxylation sites is 1. The van der Waals surface area contributed by atoms with Crippen molar-refractivity contribution in [3.8, 4) is 5.75 Å². The summed E-state index contributed by atoms with van der Waals surface area (Å²) in [5, 5.41) is 14.6. The molecule has 0 spiro atoms. The van der Waals surface area contributed by atoms with Crippen LogP contribution >= 0.6 is 23.4 Å². The first-order chi connectivity index (χ1) is 12.3. The van der Waals surface area contributed by atoms with Crippen molar-refractivity contribution in [2.45, 2.75) is 4.90 Å². The molecule has 0 radical (unpaired) electrons. The molecule has 0 aliphatic rings. The molecular weight excluding hydrogens is 378 g/mol. The van der Waals surface area contributed by atoms with Crippen molar-refractivity contribution in [2.75, 3.05) is 37.7 Å². The molecule has 0 heterocycles. The smallest absolute Gasteiger partial charge is 0.285 e. The molecule has 7 nitrogen and oxygen atoms in total. The fourth-order valence-electron chi connectivity index (χ4n) is 2.46. The second-order valence-electron chi connectivity index (χ2n) is 5.47. The van der Waals surface area contributed by atoms with Gasteiger partial charge in [-0.15, -0.1) is 11.8 Å². The van der Waals surface area contributed by atoms with Crippen LogP contribution in [0.15, 0.2) is 35.2 Å². The molecule has 0 saturated heterocycles. The van der Waals surface area contributed by atoms with Gasteiger partial charge in [-0.3, -0.25) is 14.9 Å². The Morgan fingerprint density at radius 2 is 2.04 bits per heavy atom. The summed E-state index contributed by atoms with van der Waals surface area (Å²) in [4.78, 5) is 26.0. The first-order valence-corrected chi connectivity index (χ1v) is 9.08. The number of nitrogens with one attached hydrogen (secondary N) is 1. The molecule has 2 aromatic carbocycles. The number of hydrogen-bond donors (Lipinski definition) is 1. The summed E-state index contributed by atoms with van der Waals surface area (Å²) in [6, 6.07) is 7.79. The Morgan fingerprint density at radius 1 is 1.35 bits per heavy atom. The van der Waals surface area contributed by atoms with Gasteiger partial charge in [0.2, 0.25) is 0 Å². The lowest BCUT2D eigenvalue weighted by Crippen LogP contribution is -2.18. The lowest BCUT2D eigenvalue weighted by Gasteiger charge is -2.19. The van der Waals surface area contributed by atoms with E-state index in [2.05, 4.69) is 5.32 Å². The van der Waals surface area contributed by atoms with E-state index in [1.165, 1.54) is 31.0 Å². The highest BCUT2D eigenvalue weighted by Crippen LogP contribution is 2.36. The average Bonchev–Trinajstić information content (AvgIpc) is 2.59. The predicted molar refractivity (Wildman–Crippen MR) is 105 cm³/mol. The molecule has 0 fully saturated rings.